The first kappa shape index (κ1) is 23.1. The van der Waals surface area contributed by atoms with Gasteiger partial charge >= 0.3 is 0 Å². The third kappa shape index (κ3) is 6.16. The summed E-state index contributed by atoms with van der Waals surface area (Å²) in [5.41, 5.74) is 1.91. The summed E-state index contributed by atoms with van der Waals surface area (Å²) in [4.78, 5) is 34.1. The van der Waals surface area contributed by atoms with Gasteiger partial charge in [-0.15, -0.1) is 0 Å². The number of likely N-dealkylation sites (tertiary alicyclic amines) is 1. The summed E-state index contributed by atoms with van der Waals surface area (Å²) < 4.78 is 1.24. The number of carbonyl (C=O) groups excluding carboxylic acids is 1. The van der Waals surface area contributed by atoms with Crippen molar-refractivity contribution in [2.75, 3.05) is 13.1 Å². The van der Waals surface area contributed by atoms with E-state index < -0.39 is 0 Å². The van der Waals surface area contributed by atoms with Gasteiger partial charge in [-0.05, 0) is 42.9 Å². The average molecular weight is 431 g/mol. The number of piperidine rings is 1. The van der Waals surface area contributed by atoms with Crippen molar-refractivity contribution in [3.63, 3.8) is 0 Å². The van der Waals surface area contributed by atoms with Gasteiger partial charge in [0.15, 0.2) is 0 Å². The molecule has 0 saturated carbocycles. The number of carbonyl (C=O) groups is 2. The smallest absolute Gasteiger partial charge is 0.290 e. The zero-order valence-corrected chi connectivity index (χ0v) is 17.4. The Balaban J connectivity index is 0.00000101. The largest absolute Gasteiger partial charge is 0.483 e. The molecular weight excluding hydrogens is 408 g/mol. The molecule has 9 heteroatoms. The van der Waals surface area contributed by atoms with Gasteiger partial charge in [-0.2, -0.15) is 10.4 Å². The van der Waals surface area contributed by atoms with Gasteiger partial charge in [0.2, 0.25) is 5.91 Å². The van der Waals surface area contributed by atoms with E-state index in [-0.39, 0.29) is 24.4 Å². The van der Waals surface area contributed by atoms with E-state index in [2.05, 4.69) is 11.2 Å². The molecule has 1 fully saturated rings. The summed E-state index contributed by atoms with van der Waals surface area (Å²) in [6.45, 7) is 1.15. The number of nitriles is 1. The Morgan fingerprint density at radius 3 is 2.60 bits per heavy atom. The second-order valence-corrected chi connectivity index (χ2v) is 7.37. The summed E-state index contributed by atoms with van der Waals surface area (Å²) in [7, 11) is 1.58. The molecule has 1 saturated heterocycles. The first-order chi connectivity index (χ1) is 14.4. The number of hydrogen-bond donors (Lipinski definition) is 1. The van der Waals surface area contributed by atoms with Crippen molar-refractivity contribution in [2.45, 2.75) is 25.7 Å². The second-order valence-electron chi connectivity index (χ2n) is 6.99. The molecule has 1 aliphatic heterocycles. The van der Waals surface area contributed by atoms with Crippen LogP contribution >= 0.6 is 11.6 Å². The Hall–Kier alpha value is -3.18. The van der Waals surface area contributed by atoms with Crippen LogP contribution in [0.15, 0.2) is 35.1 Å². The van der Waals surface area contributed by atoms with Gasteiger partial charge in [0, 0.05) is 26.2 Å². The molecule has 0 radical (unpaired) electrons. The van der Waals surface area contributed by atoms with Crippen LogP contribution in [0, 0.1) is 17.2 Å². The van der Waals surface area contributed by atoms with E-state index in [1.165, 1.54) is 10.7 Å². The van der Waals surface area contributed by atoms with Crippen molar-refractivity contribution < 1.29 is 14.7 Å². The molecule has 0 spiro atoms. The minimum atomic E-state index is -0.250. The highest BCUT2D eigenvalue weighted by atomic mass is 35.5. The molecule has 8 nitrogen and oxygen atoms in total. The Bertz CT molecular complexity index is 991. The summed E-state index contributed by atoms with van der Waals surface area (Å²) >= 11 is 6.30. The second kappa shape index (κ2) is 11.1. The maximum atomic E-state index is 12.5. The number of aryl methyl sites for hydroxylation is 1. The predicted octanol–water partition coefficient (Wildman–Crippen LogP) is 2.03. The monoisotopic (exact) mass is 430 g/mol. The average Bonchev–Trinajstić information content (AvgIpc) is 2.73. The van der Waals surface area contributed by atoms with Crippen LogP contribution in [0.5, 0.6) is 0 Å². The third-order valence-electron chi connectivity index (χ3n) is 5.02. The zero-order valence-electron chi connectivity index (χ0n) is 16.6. The highest BCUT2D eigenvalue weighted by molar-refractivity contribution is 6.32. The van der Waals surface area contributed by atoms with Crippen molar-refractivity contribution in [1.29, 1.82) is 5.26 Å². The lowest BCUT2D eigenvalue weighted by atomic mass is 9.89. The number of hydrogen-bond acceptors (Lipinski definition) is 5. The Kier molecular flexibility index (Phi) is 8.56. The summed E-state index contributed by atoms with van der Waals surface area (Å²) in [6, 6.07) is 10.7. The third-order valence-corrected chi connectivity index (χ3v) is 5.47. The summed E-state index contributed by atoms with van der Waals surface area (Å²) in [6.07, 6.45) is 2.83. The molecule has 2 aromatic rings. The molecule has 1 N–H and O–H groups in total. The topological polar surface area (TPSA) is 116 Å². The lowest BCUT2D eigenvalue weighted by molar-refractivity contribution is -0.132. The van der Waals surface area contributed by atoms with Gasteiger partial charge in [-0.3, -0.25) is 14.4 Å². The molecule has 3 rings (SSSR count). The number of amides is 1. The number of benzene rings is 1. The molecule has 30 heavy (non-hydrogen) atoms. The minimum absolute atomic E-state index is 0.0316. The number of nitrogens with zero attached hydrogens (tertiary/aromatic N) is 4. The molecule has 0 aliphatic carbocycles. The summed E-state index contributed by atoms with van der Waals surface area (Å²) in [5, 5.41) is 20.6. The van der Waals surface area contributed by atoms with Gasteiger partial charge in [-0.1, -0.05) is 23.7 Å². The lowest BCUT2D eigenvalue weighted by Crippen LogP contribution is -2.40. The molecule has 2 heterocycles. The fourth-order valence-corrected chi connectivity index (χ4v) is 3.68. The van der Waals surface area contributed by atoms with Crippen molar-refractivity contribution in [3.8, 4) is 6.07 Å². The molecule has 0 unspecified atom stereocenters. The standard InChI is InChI=1S/C20H21ClN4O2.CH2O2/c1-24-18(26)6-5-17(23-24)12-19(27)25-9-7-14(8-10-25)11-15-3-2-4-16(13-22)20(15)21;2-1-3/h2-6,14H,7-12H2,1H3;1H,(H,2,3). The molecule has 1 aromatic heterocycles. The van der Waals surface area contributed by atoms with Crippen LogP contribution in [0.3, 0.4) is 0 Å². The van der Waals surface area contributed by atoms with Crippen LogP contribution < -0.4 is 5.56 Å². The molecule has 0 atom stereocenters. The van der Waals surface area contributed by atoms with Crippen molar-refractivity contribution in [1.82, 2.24) is 14.7 Å². The zero-order chi connectivity index (χ0) is 22.1. The number of halogens is 1. The van der Waals surface area contributed by atoms with E-state index >= 15 is 0 Å². The van der Waals surface area contributed by atoms with Crippen LogP contribution in [-0.4, -0.2) is 45.3 Å². The maximum absolute atomic E-state index is 12.5. The normalized spacial score (nSPS) is 13.7. The highest BCUT2D eigenvalue weighted by Crippen LogP contribution is 2.27. The van der Waals surface area contributed by atoms with Crippen molar-refractivity contribution in [2.24, 2.45) is 13.0 Å². The molecule has 1 aromatic carbocycles. The highest BCUT2D eigenvalue weighted by Gasteiger charge is 2.24. The molecule has 1 aliphatic rings. The van der Waals surface area contributed by atoms with E-state index in [1.54, 1.807) is 19.2 Å². The van der Waals surface area contributed by atoms with Crippen LogP contribution in [0.2, 0.25) is 5.02 Å². The van der Waals surface area contributed by atoms with Gasteiger partial charge in [0.25, 0.3) is 12.0 Å². The van der Waals surface area contributed by atoms with Gasteiger partial charge in [-0.25, -0.2) is 4.68 Å². The molecule has 158 valence electrons. The van der Waals surface area contributed by atoms with Crippen molar-refractivity contribution in [3.05, 3.63) is 62.5 Å². The first-order valence-electron chi connectivity index (χ1n) is 9.46. The number of aromatic nitrogens is 2. The van der Waals surface area contributed by atoms with Gasteiger partial charge < -0.3 is 10.0 Å². The summed E-state index contributed by atoms with van der Waals surface area (Å²) in [5.74, 6) is 0.472. The fourth-order valence-electron chi connectivity index (χ4n) is 3.43. The van der Waals surface area contributed by atoms with E-state index in [9.17, 15) is 9.59 Å². The van der Waals surface area contributed by atoms with Crippen LogP contribution in [0.1, 0.15) is 29.7 Å². The quantitative estimate of drug-likeness (QED) is 0.742. The van der Waals surface area contributed by atoms with E-state index in [0.29, 0.717) is 35.3 Å². The van der Waals surface area contributed by atoms with Gasteiger partial charge in [0.1, 0.15) is 6.07 Å². The van der Waals surface area contributed by atoms with Gasteiger partial charge in [0.05, 0.1) is 22.7 Å². The SMILES string of the molecule is Cn1nc(CC(=O)N2CCC(Cc3cccc(C#N)c3Cl)CC2)ccc1=O.O=CO. The lowest BCUT2D eigenvalue weighted by Gasteiger charge is -2.32. The minimum Gasteiger partial charge on any atom is -0.483 e. The first-order valence-corrected chi connectivity index (χ1v) is 9.83. The maximum Gasteiger partial charge on any atom is 0.290 e. The number of rotatable bonds is 4. The Labute approximate surface area is 179 Å². The molecular formula is C21H23ClN4O4. The van der Waals surface area contributed by atoms with Crippen LogP contribution in [0.25, 0.3) is 0 Å². The molecule has 0 bridgehead atoms. The number of carboxylic acid groups (broad SMARTS) is 1. The van der Waals surface area contributed by atoms with E-state index in [1.807, 2.05) is 17.0 Å². The molecule has 1 amide bonds. The Morgan fingerprint density at radius 2 is 2.00 bits per heavy atom. The van der Waals surface area contributed by atoms with Crippen LogP contribution in [0.4, 0.5) is 0 Å². The Morgan fingerprint density at radius 1 is 1.33 bits per heavy atom. The van der Waals surface area contributed by atoms with Crippen LogP contribution in [-0.2, 0) is 29.5 Å². The van der Waals surface area contributed by atoms with Crippen molar-refractivity contribution >= 4 is 24.0 Å². The van der Waals surface area contributed by atoms with E-state index in [0.717, 1.165) is 24.8 Å². The predicted molar refractivity (Wildman–Crippen MR) is 111 cm³/mol. The fraction of sp³-hybridized carbons (Fsp3) is 0.381. The van der Waals surface area contributed by atoms with E-state index in [4.69, 9.17) is 26.8 Å².